The van der Waals surface area contributed by atoms with Gasteiger partial charge in [0, 0.05) is 6.54 Å². The van der Waals surface area contributed by atoms with Crippen molar-refractivity contribution in [3.63, 3.8) is 0 Å². The molecule has 1 N–H and O–H groups in total. The third-order valence-corrected chi connectivity index (χ3v) is 4.53. The van der Waals surface area contributed by atoms with E-state index in [2.05, 4.69) is 31.2 Å². The number of amides is 1. The largest absolute Gasteiger partial charge is 0.481 e. The summed E-state index contributed by atoms with van der Waals surface area (Å²) in [6, 6.07) is 8.28. The van der Waals surface area contributed by atoms with Gasteiger partial charge in [-0.05, 0) is 17.5 Å². The SMILES string of the molecule is CCc1ccc(C2CN(C(=O)CSCC(=O)O)CCO2)cc1. The molecule has 0 spiro atoms. The quantitative estimate of drug-likeness (QED) is 0.867. The predicted molar refractivity (Wildman–Crippen MR) is 86.1 cm³/mol. The van der Waals surface area contributed by atoms with Crippen LogP contribution in [-0.4, -0.2) is 53.1 Å². The normalized spacial score (nSPS) is 18.2. The number of rotatable bonds is 6. The lowest BCUT2D eigenvalue weighted by Gasteiger charge is -2.33. The fourth-order valence-corrected chi connectivity index (χ4v) is 3.00. The van der Waals surface area contributed by atoms with E-state index in [-0.39, 0.29) is 23.5 Å². The number of morpholine rings is 1. The van der Waals surface area contributed by atoms with Crippen molar-refractivity contribution in [3.8, 4) is 0 Å². The van der Waals surface area contributed by atoms with E-state index in [9.17, 15) is 9.59 Å². The molecule has 1 aromatic carbocycles. The Morgan fingerprint density at radius 1 is 1.32 bits per heavy atom. The van der Waals surface area contributed by atoms with Crippen LogP contribution in [0.5, 0.6) is 0 Å². The number of nitrogens with zero attached hydrogens (tertiary/aromatic N) is 1. The predicted octanol–water partition coefficient (Wildman–Crippen LogP) is 1.97. The maximum absolute atomic E-state index is 12.1. The number of hydrogen-bond acceptors (Lipinski definition) is 4. The zero-order chi connectivity index (χ0) is 15.9. The van der Waals surface area contributed by atoms with Gasteiger partial charge in [-0.2, -0.15) is 0 Å². The fraction of sp³-hybridized carbons (Fsp3) is 0.500. The Balaban J connectivity index is 1.90. The second-order valence-corrected chi connectivity index (χ2v) is 6.17. The number of hydrogen-bond donors (Lipinski definition) is 1. The highest BCUT2D eigenvalue weighted by atomic mass is 32.2. The van der Waals surface area contributed by atoms with Gasteiger partial charge in [-0.25, -0.2) is 0 Å². The Hall–Kier alpha value is -1.53. The van der Waals surface area contributed by atoms with Crippen molar-refractivity contribution < 1.29 is 19.4 Å². The van der Waals surface area contributed by atoms with E-state index in [1.54, 1.807) is 4.90 Å². The molecule has 1 unspecified atom stereocenters. The average molecular weight is 323 g/mol. The van der Waals surface area contributed by atoms with Gasteiger partial charge in [0.05, 0.1) is 24.7 Å². The summed E-state index contributed by atoms with van der Waals surface area (Å²) in [6.45, 7) is 3.71. The first-order valence-electron chi connectivity index (χ1n) is 7.38. The summed E-state index contributed by atoms with van der Waals surface area (Å²) < 4.78 is 5.77. The first-order chi connectivity index (χ1) is 10.6. The van der Waals surface area contributed by atoms with Crippen LogP contribution in [0.15, 0.2) is 24.3 Å². The summed E-state index contributed by atoms with van der Waals surface area (Å²) >= 11 is 1.13. The minimum Gasteiger partial charge on any atom is -0.481 e. The standard InChI is InChI=1S/C16H21NO4S/c1-2-12-3-5-13(6-4-12)14-9-17(7-8-21-14)15(18)10-22-11-16(19)20/h3-6,14H,2,7-11H2,1H3,(H,19,20). The molecule has 1 amide bonds. The van der Waals surface area contributed by atoms with Gasteiger partial charge in [-0.1, -0.05) is 31.2 Å². The van der Waals surface area contributed by atoms with Crippen LogP contribution in [0.1, 0.15) is 24.2 Å². The maximum atomic E-state index is 12.1. The van der Waals surface area contributed by atoms with E-state index in [1.165, 1.54) is 5.56 Å². The van der Waals surface area contributed by atoms with Crippen LogP contribution >= 0.6 is 11.8 Å². The van der Waals surface area contributed by atoms with Crippen molar-refractivity contribution in [2.45, 2.75) is 19.4 Å². The Kier molecular flexibility index (Phi) is 6.27. The third kappa shape index (κ3) is 4.74. The Bertz CT molecular complexity index is 517. The van der Waals surface area contributed by atoms with E-state index in [4.69, 9.17) is 9.84 Å². The molecule has 1 aromatic rings. The molecule has 120 valence electrons. The van der Waals surface area contributed by atoms with Gasteiger partial charge in [0.25, 0.3) is 0 Å². The topological polar surface area (TPSA) is 66.8 Å². The van der Waals surface area contributed by atoms with Crippen LogP contribution < -0.4 is 0 Å². The smallest absolute Gasteiger partial charge is 0.313 e. The van der Waals surface area contributed by atoms with Gasteiger partial charge in [-0.3, -0.25) is 9.59 Å². The number of carbonyl (C=O) groups excluding carboxylic acids is 1. The zero-order valence-corrected chi connectivity index (χ0v) is 13.5. The molecule has 5 nitrogen and oxygen atoms in total. The molecular weight excluding hydrogens is 302 g/mol. The molecule has 0 aliphatic carbocycles. The second kappa shape index (κ2) is 8.19. The Morgan fingerprint density at radius 2 is 2.05 bits per heavy atom. The maximum Gasteiger partial charge on any atom is 0.313 e. The second-order valence-electron chi connectivity index (χ2n) is 5.18. The van der Waals surface area contributed by atoms with Crippen LogP contribution in [0.2, 0.25) is 0 Å². The van der Waals surface area contributed by atoms with E-state index in [1.807, 2.05) is 0 Å². The van der Waals surface area contributed by atoms with Crippen LogP contribution in [0.3, 0.4) is 0 Å². The number of thioether (sulfide) groups is 1. The van der Waals surface area contributed by atoms with Crippen LogP contribution in [-0.2, 0) is 20.7 Å². The number of aryl methyl sites for hydroxylation is 1. The summed E-state index contributed by atoms with van der Waals surface area (Å²) in [7, 11) is 0. The van der Waals surface area contributed by atoms with Crippen molar-refractivity contribution in [1.29, 1.82) is 0 Å². The first-order valence-corrected chi connectivity index (χ1v) is 8.53. The Morgan fingerprint density at radius 3 is 2.68 bits per heavy atom. The van der Waals surface area contributed by atoms with Crippen molar-refractivity contribution in [3.05, 3.63) is 35.4 Å². The minimum atomic E-state index is -0.895. The molecule has 0 bridgehead atoms. The van der Waals surface area contributed by atoms with Crippen molar-refractivity contribution in [2.24, 2.45) is 0 Å². The molecule has 1 heterocycles. The van der Waals surface area contributed by atoms with Gasteiger partial charge < -0.3 is 14.7 Å². The van der Waals surface area contributed by atoms with Crippen LogP contribution in [0, 0.1) is 0 Å². The van der Waals surface area contributed by atoms with Crippen LogP contribution in [0.4, 0.5) is 0 Å². The number of ether oxygens (including phenoxy) is 1. The van der Waals surface area contributed by atoms with Gasteiger partial charge >= 0.3 is 5.97 Å². The molecule has 0 saturated carbocycles. The fourth-order valence-electron chi connectivity index (χ4n) is 2.36. The van der Waals surface area contributed by atoms with Gasteiger partial charge in [0.2, 0.25) is 5.91 Å². The molecule has 6 heteroatoms. The summed E-state index contributed by atoms with van der Waals surface area (Å²) in [5.41, 5.74) is 2.35. The molecule has 0 radical (unpaired) electrons. The molecule has 22 heavy (non-hydrogen) atoms. The lowest BCUT2D eigenvalue weighted by molar-refractivity contribution is -0.136. The van der Waals surface area contributed by atoms with E-state index >= 15 is 0 Å². The molecule has 1 saturated heterocycles. The van der Waals surface area contributed by atoms with Crippen molar-refractivity contribution >= 4 is 23.6 Å². The lowest BCUT2D eigenvalue weighted by atomic mass is 10.0. The molecule has 2 rings (SSSR count). The number of aliphatic carboxylic acids is 1. The van der Waals surface area contributed by atoms with E-state index < -0.39 is 5.97 Å². The number of benzene rings is 1. The molecule has 0 aromatic heterocycles. The van der Waals surface area contributed by atoms with E-state index in [0.29, 0.717) is 19.7 Å². The molecule has 1 fully saturated rings. The summed E-state index contributed by atoms with van der Waals surface area (Å²) in [5, 5.41) is 8.60. The number of carboxylic acids is 1. The van der Waals surface area contributed by atoms with Gasteiger partial charge in [-0.15, -0.1) is 11.8 Å². The molecule has 1 atom stereocenters. The summed E-state index contributed by atoms with van der Waals surface area (Å²) in [4.78, 5) is 24.4. The zero-order valence-electron chi connectivity index (χ0n) is 12.7. The summed E-state index contributed by atoms with van der Waals surface area (Å²) in [5.74, 6) is -0.760. The lowest BCUT2D eigenvalue weighted by Crippen LogP contribution is -2.43. The first kappa shape index (κ1) is 16.8. The van der Waals surface area contributed by atoms with Crippen LogP contribution in [0.25, 0.3) is 0 Å². The highest BCUT2D eigenvalue weighted by molar-refractivity contribution is 8.00. The van der Waals surface area contributed by atoms with Gasteiger partial charge in [0.1, 0.15) is 6.10 Å². The minimum absolute atomic E-state index is 0.0234. The Labute approximate surface area is 134 Å². The molecule has 1 aliphatic heterocycles. The molecular formula is C16H21NO4S. The highest BCUT2D eigenvalue weighted by Crippen LogP contribution is 2.23. The number of carboxylic acid groups (broad SMARTS) is 1. The molecule has 1 aliphatic rings. The third-order valence-electron chi connectivity index (χ3n) is 3.63. The van der Waals surface area contributed by atoms with Crippen molar-refractivity contribution in [1.82, 2.24) is 4.90 Å². The van der Waals surface area contributed by atoms with Gasteiger partial charge in [0.15, 0.2) is 0 Å². The summed E-state index contributed by atoms with van der Waals surface area (Å²) in [6.07, 6.45) is 0.894. The average Bonchev–Trinajstić information content (AvgIpc) is 2.54. The van der Waals surface area contributed by atoms with E-state index in [0.717, 1.165) is 23.7 Å². The number of carbonyl (C=O) groups is 2. The monoisotopic (exact) mass is 323 g/mol. The highest BCUT2D eigenvalue weighted by Gasteiger charge is 2.25. The van der Waals surface area contributed by atoms with Crippen molar-refractivity contribution in [2.75, 3.05) is 31.2 Å².